The van der Waals surface area contributed by atoms with Crippen molar-refractivity contribution in [2.24, 2.45) is 0 Å². The summed E-state index contributed by atoms with van der Waals surface area (Å²) in [7, 11) is 0. The highest BCUT2D eigenvalue weighted by atomic mass is 19.3. The molecule has 0 bridgehead atoms. The van der Waals surface area contributed by atoms with Crippen LogP contribution in [0.1, 0.15) is 40.5 Å². The number of carbonyl (C=O) groups is 1. The number of H-pyrrole nitrogens is 1. The number of anilines is 1. The van der Waals surface area contributed by atoms with Crippen molar-refractivity contribution in [3.05, 3.63) is 65.2 Å². The lowest BCUT2D eigenvalue weighted by atomic mass is 9.81. The van der Waals surface area contributed by atoms with Crippen molar-refractivity contribution >= 4 is 17.1 Å². The lowest BCUT2D eigenvalue weighted by molar-refractivity contribution is -0.0884. The van der Waals surface area contributed by atoms with Gasteiger partial charge in [0.2, 0.25) is 5.92 Å². The fraction of sp³-hybridized carbons (Fsp3) is 0.238. The number of amides is 1. The quantitative estimate of drug-likeness (QED) is 0.455. The number of rotatable bonds is 4. The van der Waals surface area contributed by atoms with Crippen LogP contribution in [-0.2, 0) is 0 Å². The molecule has 164 valence electrons. The minimum atomic E-state index is -2.71. The molecule has 0 radical (unpaired) electrons. The lowest BCUT2D eigenvalue weighted by Crippen LogP contribution is -2.34. The molecule has 1 amide bonds. The fourth-order valence-corrected chi connectivity index (χ4v) is 3.73. The van der Waals surface area contributed by atoms with Crippen molar-refractivity contribution in [3.63, 3.8) is 0 Å². The topological polar surface area (TPSA) is 88.0 Å². The molecule has 0 saturated heterocycles. The molecule has 4 aromatic rings. The number of nitrogens with one attached hydrogen (secondary N) is 2. The summed E-state index contributed by atoms with van der Waals surface area (Å²) in [5.74, 6) is -4.52. The zero-order chi connectivity index (χ0) is 22.6. The minimum absolute atomic E-state index is 0.00896. The van der Waals surface area contributed by atoms with Crippen molar-refractivity contribution in [2.45, 2.75) is 31.6 Å². The summed E-state index contributed by atoms with van der Waals surface area (Å²) in [5, 5.41) is 13.2. The van der Waals surface area contributed by atoms with E-state index in [1.165, 1.54) is 35.0 Å². The maximum Gasteiger partial charge on any atom is 0.259 e. The number of aromatic nitrogens is 5. The number of benzene rings is 1. The Kier molecular flexibility index (Phi) is 4.50. The summed E-state index contributed by atoms with van der Waals surface area (Å²) >= 11 is 0. The number of hydrogen-bond donors (Lipinski definition) is 2. The van der Waals surface area contributed by atoms with Crippen molar-refractivity contribution in [1.29, 1.82) is 0 Å². The van der Waals surface area contributed by atoms with Gasteiger partial charge in [-0.05, 0) is 36.8 Å². The van der Waals surface area contributed by atoms with Crippen LogP contribution in [0, 0.1) is 18.6 Å². The third kappa shape index (κ3) is 3.49. The lowest BCUT2D eigenvalue weighted by Gasteiger charge is -2.33. The van der Waals surface area contributed by atoms with Gasteiger partial charge in [0.15, 0.2) is 5.82 Å². The van der Waals surface area contributed by atoms with Crippen molar-refractivity contribution in [1.82, 2.24) is 24.8 Å². The number of fused-ring (bicyclic) bond motifs is 1. The molecule has 1 fully saturated rings. The molecule has 1 aliphatic rings. The molecule has 32 heavy (non-hydrogen) atoms. The Morgan fingerprint density at radius 1 is 1.25 bits per heavy atom. The Morgan fingerprint density at radius 3 is 2.78 bits per heavy atom. The van der Waals surface area contributed by atoms with Crippen LogP contribution in [0.15, 0.2) is 36.7 Å². The molecular weight excluding hydrogens is 428 g/mol. The van der Waals surface area contributed by atoms with E-state index < -0.39 is 29.4 Å². The predicted molar refractivity (Wildman–Crippen MR) is 107 cm³/mol. The van der Waals surface area contributed by atoms with Crippen molar-refractivity contribution in [3.8, 4) is 11.4 Å². The number of pyridine rings is 1. The molecule has 3 aromatic heterocycles. The van der Waals surface area contributed by atoms with Gasteiger partial charge in [-0.1, -0.05) is 0 Å². The van der Waals surface area contributed by atoms with Gasteiger partial charge in [-0.2, -0.15) is 10.2 Å². The number of aryl methyl sites for hydroxylation is 1. The molecule has 1 aliphatic carbocycles. The van der Waals surface area contributed by atoms with Crippen molar-refractivity contribution in [2.75, 3.05) is 5.32 Å². The Labute approximate surface area is 178 Å². The summed E-state index contributed by atoms with van der Waals surface area (Å²) < 4.78 is 55.5. The third-order valence-corrected chi connectivity index (χ3v) is 5.51. The van der Waals surface area contributed by atoms with Crippen LogP contribution in [0.3, 0.4) is 0 Å². The summed E-state index contributed by atoms with van der Waals surface area (Å²) in [6.45, 7) is 1.62. The zero-order valence-corrected chi connectivity index (χ0v) is 16.7. The van der Waals surface area contributed by atoms with Gasteiger partial charge in [-0.3, -0.25) is 9.89 Å². The first-order chi connectivity index (χ1) is 15.2. The van der Waals surface area contributed by atoms with E-state index in [1.807, 2.05) is 0 Å². The molecule has 0 unspecified atom stereocenters. The molecule has 7 nitrogen and oxygen atoms in total. The highest BCUT2D eigenvalue weighted by Crippen LogP contribution is 2.47. The molecule has 2 N–H and O–H groups in total. The minimum Gasteiger partial charge on any atom is -0.322 e. The predicted octanol–water partition coefficient (Wildman–Crippen LogP) is 4.47. The van der Waals surface area contributed by atoms with E-state index in [1.54, 1.807) is 6.92 Å². The number of nitrogens with zero attached hydrogens (tertiary/aromatic N) is 4. The highest BCUT2D eigenvalue weighted by Gasteiger charge is 2.47. The van der Waals surface area contributed by atoms with E-state index in [0.717, 1.165) is 6.20 Å². The number of aromatic amines is 1. The first-order valence-electron chi connectivity index (χ1n) is 9.75. The van der Waals surface area contributed by atoms with E-state index in [4.69, 9.17) is 0 Å². The molecule has 1 saturated carbocycles. The summed E-state index contributed by atoms with van der Waals surface area (Å²) in [4.78, 5) is 17.0. The number of carbonyl (C=O) groups excluding carboxylic acids is 1. The van der Waals surface area contributed by atoms with Crippen LogP contribution in [0.25, 0.3) is 16.9 Å². The third-order valence-electron chi connectivity index (χ3n) is 5.51. The number of halogens is 4. The number of alkyl halides is 2. The van der Waals surface area contributed by atoms with Gasteiger partial charge < -0.3 is 5.32 Å². The van der Waals surface area contributed by atoms with Crippen LogP contribution < -0.4 is 5.32 Å². The van der Waals surface area contributed by atoms with E-state index in [0.29, 0.717) is 16.8 Å². The number of hydrogen-bond acceptors (Lipinski definition) is 4. The summed E-state index contributed by atoms with van der Waals surface area (Å²) in [6.07, 6.45) is 1.79. The average Bonchev–Trinajstić information content (AvgIpc) is 3.35. The Balaban J connectivity index is 1.42. The van der Waals surface area contributed by atoms with Gasteiger partial charge in [0.25, 0.3) is 5.91 Å². The molecule has 0 spiro atoms. The Hall–Kier alpha value is -3.76. The monoisotopic (exact) mass is 444 g/mol. The van der Waals surface area contributed by atoms with Gasteiger partial charge in [-0.15, -0.1) is 0 Å². The Morgan fingerprint density at radius 2 is 2.03 bits per heavy atom. The first kappa shape index (κ1) is 20.2. The van der Waals surface area contributed by atoms with Gasteiger partial charge in [0, 0.05) is 24.4 Å². The van der Waals surface area contributed by atoms with Crippen LogP contribution in [0.4, 0.5) is 23.2 Å². The fourth-order valence-electron chi connectivity index (χ4n) is 3.73. The normalized spacial score (nSPS) is 15.7. The van der Waals surface area contributed by atoms with Crippen LogP contribution in [0.2, 0.25) is 0 Å². The first-order valence-corrected chi connectivity index (χ1v) is 9.75. The second kappa shape index (κ2) is 7.14. The molecule has 0 atom stereocenters. The van der Waals surface area contributed by atoms with Crippen LogP contribution in [0.5, 0.6) is 0 Å². The maximum atomic E-state index is 14.6. The maximum absolute atomic E-state index is 14.6. The van der Waals surface area contributed by atoms with Gasteiger partial charge in [-0.25, -0.2) is 27.1 Å². The standard InChI is InChI=1S/C21H16F4N6O/c1-10-4-15(23)13(19-28-18(29-30-19)11-6-21(24,25)7-11)5-16(10)27-20(32)14-8-26-31-9-12(22)2-3-17(14)31/h2-5,8-9,11H,6-7H2,1H3,(H,27,32)(H,28,29,30). The SMILES string of the molecule is Cc1cc(F)c(-c2n[nH]c(C3CC(F)(F)C3)n2)cc1NC(=O)c1cnn2cc(F)ccc12. The second-order valence-electron chi connectivity index (χ2n) is 7.84. The smallest absolute Gasteiger partial charge is 0.259 e. The van der Waals surface area contributed by atoms with E-state index in [2.05, 4.69) is 25.6 Å². The van der Waals surface area contributed by atoms with Gasteiger partial charge >= 0.3 is 0 Å². The molecule has 0 aliphatic heterocycles. The largest absolute Gasteiger partial charge is 0.322 e. The average molecular weight is 444 g/mol. The van der Waals surface area contributed by atoms with E-state index >= 15 is 0 Å². The van der Waals surface area contributed by atoms with E-state index in [9.17, 15) is 22.4 Å². The zero-order valence-electron chi connectivity index (χ0n) is 16.7. The summed E-state index contributed by atoms with van der Waals surface area (Å²) in [5.41, 5.74) is 1.40. The molecule has 11 heteroatoms. The highest BCUT2D eigenvalue weighted by molar-refractivity contribution is 6.09. The molecule has 3 heterocycles. The van der Waals surface area contributed by atoms with Gasteiger partial charge in [0.05, 0.1) is 29.0 Å². The van der Waals surface area contributed by atoms with Crippen LogP contribution in [-0.4, -0.2) is 36.6 Å². The second-order valence-corrected chi connectivity index (χ2v) is 7.84. The summed E-state index contributed by atoms with van der Waals surface area (Å²) in [6, 6.07) is 5.26. The molecule has 1 aromatic carbocycles. The molecule has 5 rings (SSSR count). The van der Waals surface area contributed by atoms with E-state index in [-0.39, 0.29) is 35.6 Å². The Bertz CT molecular complexity index is 1350. The van der Waals surface area contributed by atoms with Crippen molar-refractivity contribution < 1.29 is 22.4 Å². The van der Waals surface area contributed by atoms with Gasteiger partial charge in [0.1, 0.15) is 17.5 Å². The molecular formula is C21H16F4N6O. The van der Waals surface area contributed by atoms with Crippen LogP contribution >= 0.6 is 0 Å².